The number of hydrogen-bond donors (Lipinski definition) is 1. The Labute approximate surface area is 76.7 Å². The van der Waals surface area contributed by atoms with Crippen LogP contribution in [0.5, 0.6) is 0 Å². The molecule has 1 heterocycles. The maximum absolute atomic E-state index is 10.7. The molecule has 5 heteroatoms. The molecule has 1 aromatic rings. The van der Waals surface area contributed by atoms with E-state index in [1.54, 1.807) is 0 Å². The van der Waals surface area contributed by atoms with Gasteiger partial charge in [0.25, 0.3) is 0 Å². The van der Waals surface area contributed by atoms with E-state index in [-0.39, 0.29) is 5.15 Å². The summed E-state index contributed by atoms with van der Waals surface area (Å²) in [6.07, 6.45) is 1.43. The summed E-state index contributed by atoms with van der Waals surface area (Å²) in [7, 11) is 0. The number of amides is 1. The number of primary amides is 1. The fourth-order valence-electron chi connectivity index (χ4n) is 0.602. The number of halogens is 2. The van der Waals surface area contributed by atoms with E-state index in [0.717, 1.165) is 0 Å². The number of nitrogens with two attached hydrogens (primary N) is 1. The Kier molecular flexibility index (Phi) is 2.46. The highest BCUT2D eigenvalue weighted by Gasteiger charge is 2.06. The van der Waals surface area contributed by atoms with Crippen LogP contribution in [0.2, 0.25) is 5.15 Å². The first-order valence-electron chi connectivity index (χ1n) is 2.72. The highest BCUT2D eigenvalue weighted by atomic mass is 79.9. The van der Waals surface area contributed by atoms with E-state index >= 15 is 0 Å². The van der Waals surface area contributed by atoms with Gasteiger partial charge in [0.1, 0.15) is 5.15 Å². The monoisotopic (exact) mass is 234 g/mol. The molecule has 11 heavy (non-hydrogen) atoms. The Morgan fingerprint density at radius 1 is 1.73 bits per heavy atom. The predicted molar refractivity (Wildman–Crippen MR) is 45.5 cm³/mol. The summed E-state index contributed by atoms with van der Waals surface area (Å²) < 4.78 is 0.550. The summed E-state index contributed by atoms with van der Waals surface area (Å²) in [4.78, 5) is 14.4. The van der Waals surface area contributed by atoms with Crippen LogP contribution in [0.3, 0.4) is 0 Å². The van der Waals surface area contributed by atoms with Crippen LogP contribution in [0.4, 0.5) is 0 Å². The van der Waals surface area contributed by atoms with Crippen molar-refractivity contribution < 1.29 is 4.79 Å². The van der Waals surface area contributed by atoms with Gasteiger partial charge in [0.15, 0.2) is 0 Å². The minimum atomic E-state index is -0.527. The summed E-state index contributed by atoms with van der Waals surface area (Å²) in [5, 5.41) is 0.252. The third-order valence-electron chi connectivity index (χ3n) is 1.09. The Balaban J connectivity index is 3.23. The van der Waals surface area contributed by atoms with Crippen LogP contribution >= 0.6 is 27.5 Å². The highest BCUT2D eigenvalue weighted by Crippen LogP contribution is 2.17. The van der Waals surface area contributed by atoms with Crippen LogP contribution in [0.1, 0.15) is 10.4 Å². The maximum atomic E-state index is 10.7. The highest BCUT2D eigenvalue weighted by molar-refractivity contribution is 9.10. The zero-order valence-electron chi connectivity index (χ0n) is 5.34. The summed E-state index contributed by atoms with van der Waals surface area (Å²) in [5.41, 5.74) is 5.37. The topological polar surface area (TPSA) is 56.0 Å². The molecular weight excluding hydrogens is 231 g/mol. The standard InChI is InChI=1S/C6H4BrClN2O/c7-4-2-10-5(8)1-3(4)6(9)11/h1-2H,(H2,9,11). The Bertz CT molecular complexity index is 303. The molecule has 0 fully saturated rings. The maximum Gasteiger partial charge on any atom is 0.250 e. The van der Waals surface area contributed by atoms with Crippen molar-refractivity contribution in [3.8, 4) is 0 Å². The zero-order valence-corrected chi connectivity index (χ0v) is 7.69. The van der Waals surface area contributed by atoms with Gasteiger partial charge in [0, 0.05) is 10.7 Å². The summed E-state index contributed by atoms with van der Waals surface area (Å²) in [5.74, 6) is -0.527. The fraction of sp³-hybridized carbons (Fsp3) is 0. The smallest absolute Gasteiger partial charge is 0.250 e. The predicted octanol–water partition coefficient (Wildman–Crippen LogP) is 1.60. The summed E-state index contributed by atoms with van der Waals surface area (Å²) >= 11 is 8.63. The van der Waals surface area contributed by atoms with E-state index in [1.807, 2.05) is 0 Å². The van der Waals surface area contributed by atoms with Crippen LogP contribution in [-0.4, -0.2) is 10.9 Å². The number of pyridine rings is 1. The molecule has 0 aliphatic rings. The molecular formula is C6H4BrClN2O. The van der Waals surface area contributed by atoms with Gasteiger partial charge in [-0.2, -0.15) is 0 Å². The first kappa shape index (κ1) is 8.49. The molecule has 58 valence electrons. The number of carbonyl (C=O) groups excluding carboxylic acids is 1. The van der Waals surface area contributed by atoms with Crippen molar-refractivity contribution in [2.24, 2.45) is 5.73 Å². The minimum Gasteiger partial charge on any atom is -0.366 e. The van der Waals surface area contributed by atoms with Crippen LogP contribution < -0.4 is 5.73 Å². The number of carbonyl (C=O) groups is 1. The van der Waals surface area contributed by atoms with Crippen molar-refractivity contribution in [1.29, 1.82) is 0 Å². The molecule has 0 atom stereocenters. The zero-order chi connectivity index (χ0) is 8.43. The first-order chi connectivity index (χ1) is 5.11. The lowest BCUT2D eigenvalue weighted by Gasteiger charge is -1.97. The van der Waals surface area contributed by atoms with Crippen molar-refractivity contribution in [2.75, 3.05) is 0 Å². The Morgan fingerprint density at radius 2 is 2.36 bits per heavy atom. The quantitative estimate of drug-likeness (QED) is 0.752. The normalized spacial score (nSPS) is 9.64. The van der Waals surface area contributed by atoms with Gasteiger partial charge in [-0.3, -0.25) is 4.79 Å². The SMILES string of the molecule is NC(=O)c1cc(Cl)ncc1Br. The van der Waals surface area contributed by atoms with Crippen LogP contribution in [0, 0.1) is 0 Å². The molecule has 0 aromatic carbocycles. The van der Waals surface area contributed by atoms with E-state index < -0.39 is 5.91 Å². The Morgan fingerprint density at radius 3 is 2.82 bits per heavy atom. The number of aromatic nitrogens is 1. The minimum absolute atomic E-state index is 0.252. The Hall–Kier alpha value is -0.610. The first-order valence-corrected chi connectivity index (χ1v) is 3.89. The molecule has 0 saturated carbocycles. The van der Waals surface area contributed by atoms with Crippen LogP contribution in [0.25, 0.3) is 0 Å². The molecule has 1 aromatic heterocycles. The van der Waals surface area contributed by atoms with Gasteiger partial charge in [-0.25, -0.2) is 4.98 Å². The van der Waals surface area contributed by atoms with Gasteiger partial charge in [0.2, 0.25) is 5.91 Å². The molecule has 0 spiro atoms. The molecule has 2 N–H and O–H groups in total. The van der Waals surface area contributed by atoms with E-state index in [0.29, 0.717) is 10.0 Å². The molecule has 0 aliphatic carbocycles. The molecule has 0 bridgehead atoms. The second-order valence-electron chi connectivity index (χ2n) is 1.85. The average Bonchev–Trinajstić information content (AvgIpc) is 1.94. The number of rotatable bonds is 1. The molecule has 0 saturated heterocycles. The molecule has 0 aliphatic heterocycles. The molecule has 1 rings (SSSR count). The van der Waals surface area contributed by atoms with Crippen molar-refractivity contribution in [1.82, 2.24) is 4.98 Å². The molecule has 0 unspecified atom stereocenters. The van der Waals surface area contributed by atoms with Crippen LogP contribution in [-0.2, 0) is 0 Å². The summed E-state index contributed by atoms with van der Waals surface area (Å²) in [6.45, 7) is 0. The van der Waals surface area contributed by atoms with Gasteiger partial charge >= 0.3 is 0 Å². The largest absolute Gasteiger partial charge is 0.366 e. The lowest BCUT2D eigenvalue weighted by Crippen LogP contribution is -2.11. The van der Waals surface area contributed by atoms with E-state index in [4.69, 9.17) is 17.3 Å². The van der Waals surface area contributed by atoms with Gasteiger partial charge in [0.05, 0.1) is 5.56 Å². The molecule has 0 radical (unpaired) electrons. The lowest BCUT2D eigenvalue weighted by molar-refractivity contribution is 0.0999. The van der Waals surface area contributed by atoms with Crippen molar-refractivity contribution in [2.45, 2.75) is 0 Å². The van der Waals surface area contributed by atoms with Crippen molar-refractivity contribution in [3.63, 3.8) is 0 Å². The third-order valence-corrected chi connectivity index (χ3v) is 1.93. The molecule has 1 amide bonds. The number of nitrogens with zero attached hydrogens (tertiary/aromatic N) is 1. The van der Waals surface area contributed by atoms with Crippen molar-refractivity contribution >= 4 is 33.4 Å². The lowest BCUT2D eigenvalue weighted by atomic mass is 10.3. The third kappa shape index (κ3) is 1.91. The van der Waals surface area contributed by atoms with E-state index in [9.17, 15) is 4.79 Å². The second kappa shape index (κ2) is 3.19. The van der Waals surface area contributed by atoms with Gasteiger partial charge in [-0.05, 0) is 22.0 Å². The van der Waals surface area contributed by atoms with Gasteiger partial charge in [-0.15, -0.1) is 0 Å². The molecule has 3 nitrogen and oxygen atoms in total. The number of hydrogen-bond acceptors (Lipinski definition) is 2. The van der Waals surface area contributed by atoms with Gasteiger partial charge < -0.3 is 5.73 Å². The second-order valence-corrected chi connectivity index (χ2v) is 3.09. The van der Waals surface area contributed by atoms with E-state index in [1.165, 1.54) is 12.3 Å². The van der Waals surface area contributed by atoms with Gasteiger partial charge in [-0.1, -0.05) is 11.6 Å². The van der Waals surface area contributed by atoms with E-state index in [2.05, 4.69) is 20.9 Å². The van der Waals surface area contributed by atoms with Crippen LogP contribution in [0.15, 0.2) is 16.7 Å². The average molecular weight is 235 g/mol. The van der Waals surface area contributed by atoms with Crippen molar-refractivity contribution in [3.05, 3.63) is 27.5 Å². The fourth-order valence-corrected chi connectivity index (χ4v) is 1.17. The summed E-state index contributed by atoms with van der Waals surface area (Å²) in [6, 6.07) is 1.41.